The van der Waals surface area contributed by atoms with E-state index in [0.717, 1.165) is 4.90 Å². The fourth-order valence-corrected chi connectivity index (χ4v) is 3.10. The largest absolute Gasteiger partial charge is 0.480 e. The normalized spacial score (nSPS) is 23.8. The van der Waals surface area contributed by atoms with E-state index in [-0.39, 0.29) is 0 Å². The van der Waals surface area contributed by atoms with Crippen LogP contribution >= 0.6 is 0 Å². The summed E-state index contributed by atoms with van der Waals surface area (Å²) in [5.74, 6) is -1.97. The van der Waals surface area contributed by atoms with Crippen molar-refractivity contribution in [2.75, 3.05) is 13.1 Å². The number of carboxylic acid groups (broad SMARTS) is 1. The highest BCUT2D eigenvalue weighted by molar-refractivity contribution is 6.09. The van der Waals surface area contributed by atoms with Gasteiger partial charge in [-0.1, -0.05) is 13.8 Å². The van der Waals surface area contributed by atoms with Crippen molar-refractivity contribution in [2.24, 2.45) is 0 Å². The molecule has 0 aromatic carbocycles. The number of carbonyl (C=O) groups excluding carboxylic acids is 3. The minimum atomic E-state index is -1.06. The van der Waals surface area contributed by atoms with E-state index in [4.69, 9.17) is 5.11 Å². The Bertz CT molecular complexity index is 515. The van der Waals surface area contributed by atoms with Crippen molar-refractivity contribution < 1.29 is 24.3 Å². The maximum absolute atomic E-state index is 12.4. The number of hydrogen-bond acceptors (Lipinski definition) is 4. The summed E-state index contributed by atoms with van der Waals surface area (Å²) in [5.41, 5.74) is -0.950. The number of urea groups is 1. The highest BCUT2D eigenvalue weighted by Crippen LogP contribution is 2.25. The van der Waals surface area contributed by atoms with E-state index in [2.05, 4.69) is 5.32 Å². The van der Waals surface area contributed by atoms with Gasteiger partial charge in [-0.25, -0.2) is 9.59 Å². The van der Waals surface area contributed by atoms with E-state index in [9.17, 15) is 19.2 Å². The molecule has 4 amide bonds. The Balaban J connectivity index is 2.10. The van der Waals surface area contributed by atoms with Crippen molar-refractivity contribution in [3.8, 4) is 0 Å². The SMILES string of the molecule is CCC1(CC)NC(=O)N(CC(=O)N2CCCC2C(=O)O)C1=O. The Labute approximate surface area is 128 Å². The summed E-state index contributed by atoms with van der Waals surface area (Å²) in [6, 6.07) is -1.46. The number of nitrogens with one attached hydrogen (secondary N) is 1. The highest BCUT2D eigenvalue weighted by Gasteiger charge is 2.49. The summed E-state index contributed by atoms with van der Waals surface area (Å²) in [6.45, 7) is 3.53. The average Bonchev–Trinajstić information content (AvgIpc) is 3.06. The first-order valence-electron chi connectivity index (χ1n) is 7.52. The molecule has 22 heavy (non-hydrogen) atoms. The smallest absolute Gasteiger partial charge is 0.326 e. The minimum Gasteiger partial charge on any atom is -0.480 e. The van der Waals surface area contributed by atoms with E-state index >= 15 is 0 Å². The summed E-state index contributed by atoms with van der Waals surface area (Å²) < 4.78 is 0. The van der Waals surface area contributed by atoms with E-state index in [1.165, 1.54) is 4.90 Å². The number of hydrogen-bond donors (Lipinski definition) is 2. The second-order valence-electron chi connectivity index (χ2n) is 5.69. The third kappa shape index (κ3) is 2.53. The van der Waals surface area contributed by atoms with Gasteiger partial charge in [0.1, 0.15) is 18.1 Å². The predicted molar refractivity (Wildman–Crippen MR) is 75.9 cm³/mol. The Kier molecular flexibility index (Phi) is 4.39. The van der Waals surface area contributed by atoms with Gasteiger partial charge in [0.05, 0.1) is 0 Å². The monoisotopic (exact) mass is 311 g/mol. The molecule has 1 atom stereocenters. The van der Waals surface area contributed by atoms with Crippen LogP contribution in [-0.4, -0.2) is 63.4 Å². The van der Waals surface area contributed by atoms with Gasteiger partial charge in [-0.05, 0) is 25.7 Å². The first-order valence-corrected chi connectivity index (χ1v) is 7.52. The van der Waals surface area contributed by atoms with E-state index in [0.29, 0.717) is 32.2 Å². The fourth-order valence-electron chi connectivity index (χ4n) is 3.10. The summed E-state index contributed by atoms with van der Waals surface area (Å²) >= 11 is 0. The van der Waals surface area contributed by atoms with Crippen molar-refractivity contribution in [2.45, 2.75) is 51.1 Å². The molecule has 2 N–H and O–H groups in total. The molecule has 2 aliphatic rings. The van der Waals surface area contributed by atoms with Gasteiger partial charge in [0.15, 0.2) is 0 Å². The molecule has 0 bridgehead atoms. The summed E-state index contributed by atoms with van der Waals surface area (Å²) in [5, 5.41) is 11.7. The zero-order valence-corrected chi connectivity index (χ0v) is 12.8. The van der Waals surface area contributed by atoms with Crippen LogP contribution in [0, 0.1) is 0 Å². The van der Waals surface area contributed by atoms with Crippen LogP contribution in [0.1, 0.15) is 39.5 Å². The van der Waals surface area contributed by atoms with Crippen LogP contribution in [0.3, 0.4) is 0 Å². The minimum absolute atomic E-state index is 0.339. The van der Waals surface area contributed by atoms with Gasteiger partial charge >= 0.3 is 12.0 Å². The van der Waals surface area contributed by atoms with Crippen molar-refractivity contribution in [1.82, 2.24) is 15.1 Å². The van der Waals surface area contributed by atoms with Gasteiger partial charge in [-0.3, -0.25) is 14.5 Å². The first-order chi connectivity index (χ1) is 10.4. The molecule has 0 radical (unpaired) electrons. The molecule has 8 nitrogen and oxygen atoms in total. The van der Waals surface area contributed by atoms with Crippen molar-refractivity contribution in [3.05, 3.63) is 0 Å². The van der Waals surface area contributed by atoms with Crippen LogP contribution in [0.4, 0.5) is 4.79 Å². The molecule has 0 aliphatic carbocycles. The van der Waals surface area contributed by atoms with E-state index in [1.807, 2.05) is 0 Å². The van der Waals surface area contributed by atoms with Crippen LogP contribution in [-0.2, 0) is 14.4 Å². The van der Waals surface area contributed by atoms with Crippen LogP contribution in [0.15, 0.2) is 0 Å². The van der Waals surface area contributed by atoms with Gasteiger partial charge in [-0.2, -0.15) is 0 Å². The lowest BCUT2D eigenvalue weighted by molar-refractivity contribution is -0.149. The number of likely N-dealkylation sites (tertiary alicyclic amines) is 1. The molecular weight excluding hydrogens is 290 g/mol. The molecule has 8 heteroatoms. The Morgan fingerprint density at radius 2 is 1.95 bits per heavy atom. The van der Waals surface area contributed by atoms with E-state index < -0.39 is 41.9 Å². The van der Waals surface area contributed by atoms with Crippen LogP contribution < -0.4 is 5.32 Å². The molecule has 2 rings (SSSR count). The molecule has 2 saturated heterocycles. The third-order valence-corrected chi connectivity index (χ3v) is 4.60. The molecule has 2 aliphatic heterocycles. The van der Waals surface area contributed by atoms with Crippen molar-refractivity contribution in [1.29, 1.82) is 0 Å². The maximum atomic E-state index is 12.4. The Morgan fingerprint density at radius 3 is 2.45 bits per heavy atom. The Morgan fingerprint density at radius 1 is 1.32 bits per heavy atom. The number of aliphatic carboxylic acids is 1. The molecule has 2 fully saturated rings. The molecule has 0 aromatic heterocycles. The molecule has 0 spiro atoms. The first kappa shape index (κ1) is 16.3. The third-order valence-electron chi connectivity index (χ3n) is 4.60. The van der Waals surface area contributed by atoms with Gasteiger partial charge in [0.25, 0.3) is 5.91 Å². The van der Waals surface area contributed by atoms with Crippen molar-refractivity contribution in [3.63, 3.8) is 0 Å². The highest BCUT2D eigenvalue weighted by atomic mass is 16.4. The van der Waals surface area contributed by atoms with Gasteiger partial charge < -0.3 is 15.3 Å². The van der Waals surface area contributed by atoms with E-state index in [1.54, 1.807) is 13.8 Å². The fraction of sp³-hybridized carbons (Fsp3) is 0.714. The van der Waals surface area contributed by atoms with Gasteiger partial charge in [-0.15, -0.1) is 0 Å². The summed E-state index contributed by atoms with van der Waals surface area (Å²) in [6.07, 6.45) is 1.90. The number of imide groups is 1. The molecule has 1 unspecified atom stereocenters. The number of nitrogens with zero attached hydrogens (tertiary/aromatic N) is 2. The topological polar surface area (TPSA) is 107 Å². The molecule has 122 valence electrons. The second kappa shape index (κ2) is 5.94. The lowest BCUT2D eigenvalue weighted by atomic mass is 9.93. The zero-order chi connectivity index (χ0) is 16.5. The number of rotatable bonds is 5. The van der Waals surface area contributed by atoms with Gasteiger partial charge in [0.2, 0.25) is 5.91 Å². The average molecular weight is 311 g/mol. The lowest BCUT2D eigenvalue weighted by Gasteiger charge is -2.25. The molecule has 0 saturated carbocycles. The predicted octanol–water partition coefficient (Wildman–Crippen LogP) is 0.173. The summed E-state index contributed by atoms with van der Waals surface area (Å²) in [7, 11) is 0. The number of carboxylic acids is 1. The molecule has 0 aromatic rings. The van der Waals surface area contributed by atoms with Crippen LogP contribution in [0.2, 0.25) is 0 Å². The zero-order valence-electron chi connectivity index (χ0n) is 12.8. The Hall–Kier alpha value is -2.12. The lowest BCUT2D eigenvalue weighted by Crippen LogP contribution is -2.48. The molecular formula is C14H21N3O5. The van der Waals surface area contributed by atoms with Gasteiger partial charge in [0, 0.05) is 6.54 Å². The standard InChI is InChI=1S/C14H21N3O5/c1-3-14(4-2)12(21)17(13(22)15-14)8-10(18)16-7-5-6-9(16)11(19)20/h9H,3-8H2,1-2H3,(H,15,22)(H,19,20). The second-order valence-corrected chi connectivity index (χ2v) is 5.69. The van der Waals surface area contributed by atoms with Crippen LogP contribution in [0.5, 0.6) is 0 Å². The quantitative estimate of drug-likeness (QED) is 0.704. The van der Waals surface area contributed by atoms with Crippen molar-refractivity contribution >= 4 is 23.8 Å². The van der Waals surface area contributed by atoms with Crippen LogP contribution in [0.25, 0.3) is 0 Å². The number of carbonyl (C=O) groups is 4. The number of amides is 4. The molecule has 2 heterocycles. The summed E-state index contributed by atoms with van der Waals surface area (Å²) in [4.78, 5) is 50.0. The maximum Gasteiger partial charge on any atom is 0.326 e.